The van der Waals surface area contributed by atoms with Gasteiger partial charge in [0.15, 0.2) is 0 Å². The first-order valence-electron chi connectivity index (χ1n) is 20.9. The van der Waals surface area contributed by atoms with Gasteiger partial charge in [-0.1, -0.05) is 164 Å². The van der Waals surface area contributed by atoms with Crippen LogP contribution in [0.1, 0.15) is 13.8 Å². The maximum Gasteiger partial charge on any atom is 0.0634 e. The predicted molar refractivity (Wildman–Crippen MR) is 266 cm³/mol. The predicted octanol–water partition coefficient (Wildman–Crippen LogP) is 17.2. The highest BCUT2D eigenvalue weighted by Crippen LogP contribution is 2.41. The largest absolute Gasteiger partial charge is 0.311 e. The zero-order valence-corrected chi connectivity index (χ0v) is 35.1. The third kappa shape index (κ3) is 7.20. The van der Waals surface area contributed by atoms with Crippen molar-refractivity contribution in [3.05, 3.63) is 231 Å². The summed E-state index contributed by atoms with van der Waals surface area (Å²) in [5, 5.41) is 5.06. The van der Waals surface area contributed by atoms with E-state index in [1.54, 1.807) is 0 Å². The second-order valence-corrected chi connectivity index (χ2v) is 16.3. The maximum atomic E-state index is 2.48. The summed E-state index contributed by atoms with van der Waals surface area (Å²) in [5.41, 5.74) is 14.2. The minimum atomic E-state index is 1.10. The number of nitrogens with zero attached hydrogens (tertiary/aromatic N) is 2. The van der Waals surface area contributed by atoms with Crippen molar-refractivity contribution in [2.45, 2.75) is 13.8 Å². The van der Waals surface area contributed by atoms with E-state index < -0.39 is 0 Å². The Morgan fingerprint density at radius 3 is 1.33 bits per heavy atom. The second kappa shape index (κ2) is 16.7. The Morgan fingerprint density at radius 2 is 0.770 bits per heavy atom. The van der Waals surface area contributed by atoms with E-state index in [-0.39, 0.29) is 0 Å². The Morgan fingerprint density at radius 1 is 0.344 bits per heavy atom. The first-order chi connectivity index (χ1) is 30.2. The van der Waals surface area contributed by atoms with E-state index in [9.17, 15) is 0 Å². The van der Waals surface area contributed by atoms with E-state index >= 15 is 0 Å². The minimum Gasteiger partial charge on any atom is -0.311 e. The first-order valence-corrected chi connectivity index (χ1v) is 21.7. The summed E-state index contributed by atoms with van der Waals surface area (Å²) in [5.74, 6) is 0. The van der Waals surface area contributed by atoms with Crippen LogP contribution in [-0.2, 0) is 0 Å². The van der Waals surface area contributed by atoms with Crippen LogP contribution >= 0.6 is 11.3 Å². The van der Waals surface area contributed by atoms with Crippen LogP contribution in [0.25, 0.3) is 80.9 Å². The van der Waals surface area contributed by atoms with Gasteiger partial charge in [-0.05, 0) is 114 Å². The van der Waals surface area contributed by atoms with E-state index in [0.717, 1.165) is 17.1 Å². The number of fused-ring (bicyclic) bond motifs is 7. The van der Waals surface area contributed by atoms with Gasteiger partial charge in [-0.25, -0.2) is 0 Å². The fraction of sp³-hybridized carbons (Fsp3) is 0.0345. The fourth-order valence-corrected chi connectivity index (χ4v) is 9.54. The van der Waals surface area contributed by atoms with E-state index in [1.807, 2.05) is 37.3 Å². The molecule has 2 nitrogen and oxygen atoms in total. The van der Waals surface area contributed by atoms with Gasteiger partial charge in [0, 0.05) is 43.3 Å². The Hall–Kier alpha value is -7.46. The van der Waals surface area contributed by atoms with Crippen molar-refractivity contribution >= 4 is 75.9 Å². The molecule has 0 aliphatic heterocycles. The molecular weight excluding hydrogens is 757 g/mol. The molecule has 292 valence electrons. The summed E-state index contributed by atoms with van der Waals surface area (Å²) in [6.45, 7) is 4.00. The molecule has 0 bridgehead atoms. The lowest BCUT2D eigenvalue weighted by molar-refractivity contribution is 1.28. The highest BCUT2D eigenvalue weighted by atomic mass is 32.1. The molecule has 0 unspecified atom stereocenters. The molecular formula is C58H44N2S. The van der Waals surface area contributed by atoms with Crippen LogP contribution in [0.2, 0.25) is 0 Å². The summed E-state index contributed by atoms with van der Waals surface area (Å²) in [6.07, 6.45) is 4.00. The molecule has 0 saturated heterocycles. The van der Waals surface area contributed by atoms with Crippen LogP contribution in [0.3, 0.4) is 0 Å². The molecule has 0 aliphatic carbocycles. The van der Waals surface area contributed by atoms with Gasteiger partial charge in [0.05, 0.1) is 21.3 Å². The van der Waals surface area contributed by atoms with Gasteiger partial charge < -0.3 is 9.30 Å². The average Bonchev–Trinajstić information content (AvgIpc) is 3.66. The fourth-order valence-electron chi connectivity index (χ4n) is 8.46. The molecule has 11 aromatic rings. The van der Waals surface area contributed by atoms with Gasteiger partial charge >= 0.3 is 0 Å². The summed E-state index contributed by atoms with van der Waals surface area (Å²) in [7, 11) is 0. The Bertz CT molecular complexity index is 3250. The summed E-state index contributed by atoms with van der Waals surface area (Å²) >= 11 is 1.85. The molecule has 3 heteroatoms. The quantitative estimate of drug-likeness (QED) is 0.152. The monoisotopic (exact) mass is 800 g/mol. The molecule has 0 amide bonds. The minimum absolute atomic E-state index is 1.10. The van der Waals surface area contributed by atoms with E-state index in [4.69, 9.17) is 0 Å². The second-order valence-electron chi connectivity index (χ2n) is 15.2. The molecule has 0 atom stereocenters. The number of allylic oxidation sites excluding steroid dienone is 2. The third-order valence-electron chi connectivity index (χ3n) is 11.5. The number of benzene rings is 9. The molecule has 0 radical (unpaired) electrons. The SMILES string of the molecule is C/C=C\C.c1ccc(-c2ccc(N(c3ccc(-c4ccccc4)cc3)c3ccc(-c4ccc5c(c4)c4cccc6c7ccccc7sc7ccccc7n5c64)cc3)cc2)cc1. The summed E-state index contributed by atoms with van der Waals surface area (Å²) in [4.78, 5) is 2.35. The molecule has 0 N–H and O–H groups in total. The highest BCUT2D eigenvalue weighted by molar-refractivity contribution is 7.24. The number of rotatable bonds is 6. The van der Waals surface area contributed by atoms with E-state index in [0.29, 0.717) is 0 Å². The Kier molecular flexibility index (Phi) is 10.3. The number of anilines is 3. The molecule has 11 rings (SSSR count). The van der Waals surface area contributed by atoms with Crippen molar-refractivity contribution < 1.29 is 0 Å². The molecule has 0 fully saturated rings. The lowest BCUT2D eigenvalue weighted by atomic mass is 10.0. The molecule has 61 heavy (non-hydrogen) atoms. The van der Waals surface area contributed by atoms with E-state index in [1.165, 1.54) is 80.9 Å². The normalized spacial score (nSPS) is 11.4. The van der Waals surface area contributed by atoms with Crippen LogP contribution < -0.4 is 4.90 Å². The van der Waals surface area contributed by atoms with Gasteiger partial charge in [0.25, 0.3) is 0 Å². The Labute approximate surface area is 361 Å². The average molecular weight is 801 g/mol. The zero-order valence-electron chi connectivity index (χ0n) is 34.2. The van der Waals surface area contributed by atoms with E-state index in [2.05, 4.69) is 228 Å². The number of para-hydroxylation sites is 2. The van der Waals surface area contributed by atoms with Gasteiger partial charge in [-0.15, -0.1) is 11.3 Å². The number of hydrogen-bond donors (Lipinski definition) is 0. The molecule has 0 aliphatic rings. The summed E-state index contributed by atoms with van der Waals surface area (Å²) in [6, 6.07) is 79.3. The van der Waals surface area contributed by atoms with Gasteiger partial charge in [0.2, 0.25) is 0 Å². The smallest absolute Gasteiger partial charge is 0.0634 e. The first kappa shape index (κ1) is 37.8. The van der Waals surface area contributed by atoms with Gasteiger partial charge in [-0.2, -0.15) is 0 Å². The Balaban J connectivity index is 0.00000107. The third-order valence-corrected chi connectivity index (χ3v) is 12.7. The molecule has 0 spiro atoms. The number of hydrogen-bond acceptors (Lipinski definition) is 2. The standard InChI is InChI=1S/C54H36N2S.C4H8/c1-3-12-37(13-4-1)39-22-29-43(30-23-39)55(44-31-24-40(25-32-44)38-14-5-2-6-15-38)45-33-26-41(27-34-45)42-28-35-50-49(36-42)48-18-11-17-47-46-16-7-9-20-52(46)57-53-21-10-8-19-51(53)56(50)54(47)48;1-3-4-2/h1-36H;3-4H,1-2H3/b;4-3-. The topological polar surface area (TPSA) is 7.65 Å². The molecule has 0 saturated carbocycles. The van der Waals surface area contributed by atoms with Crippen molar-refractivity contribution in [2.75, 3.05) is 4.90 Å². The van der Waals surface area contributed by atoms with Crippen molar-refractivity contribution in [1.82, 2.24) is 4.40 Å². The van der Waals surface area contributed by atoms with Crippen LogP contribution in [-0.4, -0.2) is 4.40 Å². The lowest BCUT2D eigenvalue weighted by Crippen LogP contribution is -2.09. The van der Waals surface area contributed by atoms with Crippen molar-refractivity contribution in [1.29, 1.82) is 0 Å². The summed E-state index contributed by atoms with van der Waals surface area (Å²) < 4.78 is 5.02. The maximum absolute atomic E-state index is 2.48. The van der Waals surface area contributed by atoms with Gasteiger partial charge in [-0.3, -0.25) is 0 Å². The number of aromatic nitrogens is 1. The van der Waals surface area contributed by atoms with Crippen molar-refractivity contribution in [3.63, 3.8) is 0 Å². The zero-order chi connectivity index (χ0) is 41.1. The van der Waals surface area contributed by atoms with Gasteiger partial charge in [0.1, 0.15) is 0 Å². The highest BCUT2D eigenvalue weighted by Gasteiger charge is 2.17. The van der Waals surface area contributed by atoms with Crippen molar-refractivity contribution in [3.8, 4) is 33.4 Å². The lowest BCUT2D eigenvalue weighted by Gasteiger charge is -2.26. The van der Waals surface area contributed by atoms with Crippen LogP contribution in [0.4, 0.5) is 17.1 Å². The van der Waals surface area contributed by atoms with Crippen LogP contribution in [0.15, 0.2) is 231 Å². The van der Waals surface area contributed by atoms with Crippen molar-refractivity contribution in [2.24, 2.45) is 0 Å². The van der Waals surface area contributed by atoms with Crippen LogP contribution in [0.5, 0.6) is 0 Å². The molecule has 9 aromatic carbocycles. The molecule has 2 aromatic heterocycles. The molecule has 2 heterocycles. The van der Waals surface area contributed by atoms with Crippen LogP contribution in [0, 0.1) is 0 Å².